The molecule has 0 fully saturated rings. The first-order chi connectivity index (χ1) is 10.0. The van der Waals surface area contributed by atoms with Gasteiger partial charge in [0.15, 0.2) is 6.10 Å². The van der Waals surface area contributed by atoms with Crippen molar-refractivity contribution in [1.29, 1.82) is 0 Å². The van der Waals surface area contributed by atoms with Crippen LogP contribution in [0.15, 0.2) is 30.3 Å². The minimum atomic E-state index is -1.09. The molecule has 0 unspecified atom stereocenters. The number of rotatable bonds is 6. The molecule has 0 spiro atoms. The summed E-state index contributed by atoms with van der Waals surface area (Å²) in [4.78, 5) is 33.8. The summed E-state index contributed by atoms with van der Waals surface area (Å²) in [6.07, 6.45) is -2.01. The Morgan fingerprint density at radius 3 is 2.48 bits per heavy atom. The van der Waals surface area contributed by atoms with Crippen LogP contribution in [-0.4, -0.2) is 37.8 Å². The Hall–Kier alpha value is -2.57. The molecular weight excluding hydrogens is 278 g/mol. The first kappa shape index (κ1) is 16.5. The Labute approximate surface area is 122 Å². The molecule has 1 N–H and O–H groups in total. The molecule has 1 aromatic rings. The van der Waals surface area contributed by atoms with E-state index in [4.69, 9.17) is 9.47 Å². The molecule has 0 saturated carbocycles. The van der Waals surface area contributed by atoms with Gasteiger partial charge >= 0.3 is 12.1 Å². The third-order valence-corrected chi connectivity index (χ3v) is 2.41. The number of nitrogens with one attached hydrogen (secondary N) is 1. The van der Waals surface area contributed by atoms with Gasteiger partial charge in [0.25, 0.3) is 5.91 Å². The highest BCUT2D eigenvalue weighted by Crippen LogP contribution is 2.08. The van der Waals surface area contributed by atoms with Crippen LogP contribution in [0.1, 0.15) is 13.3 Å². The number of hydrogen-bond acceptors (Lipinski definition) is 6. The Balaban J connectivity index is 2.26. The number of benzene rings is 1. The summed E-state index contributed by atoms with van der Waals surface area (Å²) >= 11 is 0. The van der Waals surface area contributed by atoms with Gasteiger partial charge in [-0.25, -0.2) is 4.79 Å². The number of alkyl carbamates (subject to hydrolysis) is 1. The molecule has 0 radical (unpaired) electrons. The molecule has 7 nitrogen and oxygen atoms in total. The van der Waals surface area contributed by atoms with Crippen LogP contribution in [0.25, 0.3) is 0 Å². The zero-order chi connectivity index (χ0) is 15.7. The molecule has 1 atom stereocenters. The van der Waals surface area contributed by atoms with Crippen molar-refractivity contribution in [1.82, 2.24) is 5.32 Å². The molecule has 0 heterocycles. The molecule has 21 heavy (non-hydrogen) atoms. The predicted molar refractivity (Wildman–Crippen MR) is 72.7 cm³/mol. The number of esters is 1. The van der Waals surface area contributed by atoms with Crippen molar-refractivity contribution < 1.29 is 28.6 Å². The second kappa shape index (κ2) is 8.57. The van der Waals surface area contributed by atoms with Crippen LogP contribution in [0, 0.1) is 0 Å². The van der Waals surface area contributed by atoms with E-state index in [9.17, 15) is 14.4 Å². The Morgan fingerprint density at radius 2 is 1.86 bits per heavy atom. The third kappa shape index (κ3) is 6.42. The Kier molecular flexibility index (Phi) is 6.73. The molecule has 1 aromatic carbocycles. The van der Waals surface area contributed by atoms with Crippen LogP contribution in [0.3, 0.4) is 0 Å². The van der Waals surface area contributed by atoms with Gasteiger partial charge in [0.2, 0.25) is 0 Å². The summed E-state index contributed by atoms with van der Waals surface area (Å²) in [5.41, 5.74) is 0. The maximum Gasteiger partial charge on any atom is 0.413 e. The maximum absolute atomic E-state index is 11.5. The summed E-state index contributed by atoms with van der Waals surface area (Å²) in [5.74, 6) is -0.709. The number of carbonyl (C=O) groups is 3. The summed E-state index contributed by atoms with van der Waals surface area (Å²) in [5, 5.41) is 1.91. The van der Waals surface area contributed by atoms with E-state index in [1.165, 1.54) is 6.92 Å². The average Bonchev–Trinajstić information content (AvgIpc) is 2.48. The number of para-hydroxylation sites is 1. The fraction of sp³-hybridized carbons (Fsp3) is 0.357. The summed E-state index contributed by atoms with van der Waals surface area (Å²) in [6.45, 7) is 1.49. The van der Waals surface area contributed by atoms with Gasteiger partial charge in [-0.05, 0) is 19.1 Å². The molecule has 114 valence electrons. The molecule has 0 saturated heterocycles. The lowest BCUT2D eigenvalue weighted by Gasteiger charge is -2.12. The topological polar surface area (TPSA) is 90.9 Å². The van der Waals surface area contributed by atoms with Crippen molar-refractivity contribution in [2.24, 2.45) is 0 Å². The standard InChI is InChI=1S/C14H17NO6/c1-10(13(17)15-14(18)19-2)21-12(16)8-9-20-11-6-4-3-5-7-11/h3-7,10H,8-9H2,1-2H3,(H,15,17,18)/t10-/m0/s1. The van der Waals surface area contributed by atoms with Crippen molar-refractivity contribution in [3.63, 3.8) is 0 Å². The van der Waals surface area contributed by atoms with Crippen LogP contribution in [0.2, 0.25) is 0 Å². The van der Waals surface area contributed by atoms with E-state index in [0.29, 0.717) is 5.75 Å². The lowest BCUT2D eigenvalue weighted by Crippen LogP contribution is -2.39. The number of hydrogen-bond donors (Lipinski definition) is 1. The van der Waals surface area contributed by atoms with E-state index in [0.717, 1.165) is 7.11 Å². The lowest BCUT2D eigenvalue weighted by molar-refractivity contribution is -0.155. The van der Waals surface area contributed by atoms with E-state index < -0.39 is 24.1 Å². The van der Waals surface area contributed by atoms with Crippen LogP contribution in [-0.2, 0) is 19.1 Å². The number of methoxy groups -OCH3 is 1. The number of ether oxygens (including phenoxy) is 3. The third-order valence-electron chi connectivity index (χ3n) is 2.41. The number of carbonyl (C=O) groups excluding carboxylic acids is 3. The molecule has 7 heteroatoms. The Bertz CT molecular complexity index is 487. The van der Waals surface area contributed by atoms with E-state index in [2.05, 4.69) is 4.74 Å². The summed E-state index contributed by atoms with van der Waals surface area (Å²) < 4.78 is 14.4. The van der Waals surface area contributed by atoms with Crippen molar-refractivity contribution >= 4 is 18.0 Å². The quantitative estimate of drug-likeness (QED) is 0.795. The van der Waals surface area contributed by atoms with Crippen LogP contribution < -0.4 is 10.1 Å². The van der Waals surface area contributed by atoms with Crippen molar-refractivity contribution in [3.8, 4) is 5.75 Å². The molecule has 0 aliphatic carbocycles. The zero-order valence-corrected chi connectivity index (χ0v) is 11.8. The van der Waals surface area contributed by atoms with Gasteiger partial charge < -0.3 is 14.2 Å². The second-order valence-electron chi connectivity index (χ2n) is 4.02. The van der Waals surface area contributed by atoms with Gasteiger partial charge in [-0.1, -0.05) is 18.2 Å². The zero-order valence-electron chi connectivity index (χ0n) is 11.8. The fourth-order valence-electron chi connectivity index (χ4n) is 1.33. The molecular formula is C14H17NO6. The van der Waals surface area contributed by atoms with Crippen molar-refractivity contribution in [2.75, 3.05) is 13.7 Å². The van der Waals surface area contributed by atoms with E-state index in [1.807, 2.05) is 23.5 Å². The highest BCUT2D eigenvalue weighted by atomic mass is 16.6. The molecule has 0 bridgehead atoms. The Morgan fingerprint density at radius 1 is 1.19 bits per heavy atom. The highest BCUT2D eigenvalue weighted by molar-refractivity contribution is 5.94. The summed E-state index contributed by atoms with van der Waals surface area (Å²) in [6, 6.07) is 9.00. The van der Waals surface area contributed by atoms with Crippen LogP contribution in [0.4, 0.5) is 4.79 Å². The lowest BCUT2D eigenvalue weighted by atomic mass is 10.3. The summed E-state index contributed by atoms with van der Waals surface area (Å²) in [7, 11) is 1.13. The number of amides is 2. The minimum absolute atomic E-state index is 0.00919. The average molecular weight is 295 g/mol. The van der Waals surface area contributed by atoms with Gasteiger partial charge in [-0.3, -0.25) is 14.9 Å². The second-order valence-corrected chi connectivity index (χ2v) is 4.02. The molecule has 0 aliphatic heterocycles. The molecule has 0 aliphatic rings. The van der Waals surface area contributed by atoms with E-state index >= 15 is 0 Å². The highest BCUT2D eigenvalue weighted by Gasteiger charge is 2.19. The minimum Gasteiger partial charge on any atom is -0.493 e. The van der Waals surface area contributed by atoms with Gasteiger partial charge in [0.1, 0.15) is 5.75 Å². The maximum atomic E-state index is 11.5. The normalized spacial score (nSPS) is 11.1. The fourth-order valence-corrected chi connectivity index (χ4v) is 1.33. The molecule has 0 aromatic heterocycles. The predicted octanol–water partition coefficient (Wildman–Crippen LogP) is 1.27. The first-order valence-corrected chi connectivity index (χ1v) is 6.29. The molecule has 1 rings (SSSR count). The van der Waals surface area contributed by atoms with E-state index in [-0.39, 0.29) is 13.0 Å². The van der Waals surface area contributed by atoms with Crippen LogP contribution >= 0.6 is 0 Å². The van der Waals surface area contributed by atoms with Gasteiger partial charge in [0, 0.05) is 0 Å². The van der Waals surface area contributed by atoms with Gasteiger partial charge in [-0.2, -0.15) is 0 Å². The SMILES string of the molecule is COC(=O)NC(=O)[C@H](C)OC(=O)CCOc1ccccc1. The van der Waals surface area contributed by atoms with Crippen molar-refractivity contribution in [3.05, 3.63) is 30.3 Å². The van der Waals surface area contributed by atoms with Crippen LogP contribution in [0.5, 0.6) is 5.75 Å². The van der Waals surface area contributed by atoms with Crippen molar-refractivity contribution in [2.45, 2.75) is 19.4 Å². The largest absolute Gasteiger partial charge is 0.493 e. The van der Waals surface area contributed by atoms with E-state index in [1.54, 1.807) is 12.1 Å². The number of imide groups is 1. The smallest absolute Gasteiger partial charge is 0.413 e. The first-order valence-electron chi connectivity index (χ1n) is 6.29. The molecule has 2 amide bonds. The van der Waals surface area contributed by atoms with Gasteiger partial charge in [0.05, 0.1) is 20.1 Å². The van der Waals surface area contributed by atoms with Gasteiger partial charge in [-0.15, -0.1) is 0 Å². The monoisotopic (exact) mass is 295 g/mol.